The Kier molecular flexibility index (Phi) is 5.79. The minimum absolute atomic E-state index is 0.118. The fraction of sp³-hybridized carbons (Fsp3) is 0.389. The van der Waals surface area contributed by atoms with E-state index in [0.29, 0.717) is 24.7 Å². The predicted molar refractivity (Wildman–Crippen MR) is 94.1 cm³/mol. The number of anilines is 1. The molecule has 0 unspecified atom stereocenters. The molecule has 0 bridgehead atoms. The first-order valence-corrected chi connectivity index (χ1v) is 8.35. The van der Waals surface area contributed by atoms with Gasteiger partial charge in [0.15, 0.2) is 0 Å². The first-order chi connectivity index (χ1) is 12.2. The summed E-state index contributed by atoms with van der Waals surface area (Å²) in [6.45, 7) is 5.82. The second-order valence-electron chi connectivity index (χ2n) is 5.79. The molecule has 1 aliphatic rings. The molecular weight excluding hydrogens is 320 g/mol. The molecule has 0 radical (unpaired) electrons. The average Bonchev–Trinajstić information content (AvgIpc) is 2.67. The van der Waals surface area contributed by atoms with E-state index < -0.39 is 0 Å². The molecule has 0 saturated carbocycles. The topological polar surface area (TPSA) is 76.6 Å². The van der Waals surface area contributed by atoms with Crippen molar-refractivity contribution in [3.05, 3.63) is 47.8 Å². The van der Waals surface area contributed by atoms with Gasteiger partial charge in [-0.05, 0) is 19.1 Å². The van der Waals surface area contributed by atoms with Gasteiger partial charge in [-0.1, -0.05) is 17.7 Å². The van der Waals surface area contributed by atoms with Crippen molar-refractivity contribution in [3.8, 4) is 6.01 Å². The van der Waals surface area contributed by atoms with Gasteiger partial charge in [0.05, 0.1) is 37.8 Å². The van der Waals surface area contributed by atoms with Gasteiger partial charge < -0.3 is 19.7 Å². The maximum absolute atomic E-state index is 12.0. The number of nitrogens with zero attached hydrogens (tertiary/aromatic N) is 3. The summed E-state index contributed by atoms with van der Waals surface area (Å²) in [5, 5.41) is 2.81. The number of amides is 1. The number of morpholine rings is 1. The van der Waals surface area contributed by atoms with Crippen LogP contribution in [0, 0.1) is 6.92 Å². The molecule has 1 fully saturated rings. The van der Waals surface area contributed by atoms with Gasteiger partial charge in [0.2, 0.25) is 0 Å². The minimum atomic E-state index is -0.118. The van der Waals surface area contributed by atoms with E-state index in [0.717, 1.165) is 37.6 Å². The smallest absolute Gasteiger partial charge is 0.316 e. The van der Waals surface area contributed by atoms with Crippen LogP contribution in [0.4, 0.5) is 5.69 Å². The lowest BCUT2D eigenvalue weighted by Crippen LogP contribution is -2.36. The lowest BCUT2D eigenvalue weighted by molar-refractivity contribution is 0.0946. The molecule has 132 valence electrons. The van der Waals surface area contributed by atoms with Crippen molar-refractivity contribution in [3.63, 3.8) is 0 Å². The Morgan fingerprint density at radius 3 is 2.56 bits per heavy atom. The summed E-state index contributed by atoms with van der Waals surface area (Å²) >= 11 is 0. The van der Waals surface area contributed by atoms with E-state index in [1.807, 2.05) is 19.1 Å². The molecule has 3 rings (SSSR count). The van der Waals surface area contributed by atoms with Crippen LogP contribution in [0.1, 0.15) is 15.9 Å². The highest BCUT2D eigenvalue weighted by molar-refractivity contribution is 5.94. The summed E-state index contributed by atoms with van der Waals surface area (Å²) < 4.78 is 10.8. The number of rotatable bonds is 6. The molecule has 0 atom stereocenters. The zero-order valence-corrected chi connectivity index (χ0v) is 14.3. The molecule has 2 heterocycles. The molecule has 1 saturated heterocycles. The Balaban J connectivity index is 1.41. The zero-order valence-electron chi connectivity index (χ0n) is 14.3. The van der Waals surface area contributed by atoms with Crippen LogP contribution in [0.2, 0.25) is 0 Å². The van der Waals surface area contributed by atoms with E-state index in [9.17, 15) is 4.79 Å². The minimum Gasteiger partial charge on any atom is -0.462 e. The summed E-state index contributed by atoms with van der Waals surface area (Å²) in [5.74, 6) is -0.118. The van der Waals surface area contributed by atoms with Gasteiger partial charge in [0.1, 0.15) is 6.61 Å². The number of benzene rings is 1. The molecule has 1 aromatic carbocycles. The van der Waals surface area contributed by atoms with Crippen molar-refractivity contribution in [1.29, 1.82) is 0 Å². The number of ether oxygens (including phenoxy) is 2. The van der Waals surface area contributed by atoms with Crippen LogP contribution in [0.25, 0.3) is 0 Å². The number of hydrogen-bond acceptors (Lipinski definition) is 6. The van der Waals surface area contributed by atoms with E-state index in [1.165, 1.54) is 0 Å². The Labute approximate surface area is 147 Å². The number of nitrogens with one attached hydrogen (secondary N) is 1. The number of hydrogen-bond donors (Lipinski definition) is 1. The predicted octanol–water partition coefficient (Wildman–Crippen LogP) is 1.43. The highest BCUT2D eigenvalue weighted by Gasteiger charge is 2.12. The van der Waals surface area contributed by atoms with E-state index in [2.05, 4.69) is 20.2 Å². The number of aromatic nitrogens is 2. The molecule has 1 aromatic heterocycles. The summed E-state index contributed by atoms with van der Waals surface area (Å²) in [4.78, 5) is 22.6. The molecule has 2 aromatic rings. The third-order valence-electron chi connectivity index (χ3n) is 3.92. The molecule has 25 heavy (non-hydrogen) atoms. The molecule has 1 amide bonds. The normalized spacial score (nSPS) is 14.2. The van der Waals surface area contributed by atoms with Crippen molar-refractivity contribution in [2.75, 3.05) is 44.4 Å². The standard InChI is InChI=1S/C18H22N4O3/c1-14-2-4-15(5-3-14)17(23)19-6-9-25-18-20-12-16(13-21-18)22-7-10-24-11-8-22/h2-5,12-13H,6-11H2,1H3,(H,19,23). The largest absolute Gasteiger partial charge is 0.462 e. The van der Waals surface area contributed by atoms with E-state index >= 15 is 0 Å². The zero-order chi connectivity index (χ0) is 17.5. The van der Waals surface area contributed by atoms with Gasteiger partial charge in [-0.15, -0.1) is 0 Å². The molecule has 7 heteroatoms. The van der Waals surface area contributed by atoms with E-state index in [4.69, 9.17) is 9.47 Å². The van der Waals surface area contributed by atoms with Gasteiger partial charge in [0, 0.05) is 18.7 Å². The Hall–Kier alpha value is -2.67. The van der Waals surface area contributed by atoms with E-state index in [1.54, 1.807) is 24.5 Å². The summed E-state index contributed by atoms with van der Waals surface area (Å²) in [6.07, 6.45) is 3.50. The van der Waals surface area contributed by atoms with Crippen LogP contribution >= 0.6 is 0 Å². The third kappa shape index (κ3) is 4.90. The molecule has 0 spiro atoms. The summed E-state index contributed by atoms with van der Waals surface area (Å²) in [5.41, 5.74) is 2.72. The van der Waals surface area contributed by atoms with Crippen LogP contribution in [0.3, 0.4) is 0 Å². The molecule has 1 N–H and O–H groups in total. The Morgan fingerprint density at radius 2 is 1.88 bits per heavy atom. The fourth-order valence-electron chi connectivity index (χ4n) is 2.48. The van der Waals surface area contributed by atoms with Crippen LogP contribution in [-0.4, -0.2) is 55.3 Å². The molecule has 7 nitrogen and oxygen atoms in total. The molecular formula is C18H22N4O3. The monoisotopic (exact) mass is 342 g/mol. The van der Waals surface area contributed by atoms with Crippen LogP contribution in [0.5, 0.6) is 6.01 Å². The SMILES string of the molecule is Cc1ccc(C(=O)NCCOc2ncc(N3CCOCC3)cn2)cc1. The quantitative estimate of drug-likeness (QED) is 0.801. The van der Waals surface area contributed by atoms with Crippen molar-refractivity contribution >= 4 is 11.6 Å². The maximum atomic E-state index is 12.0. The van der Waals surface area contributed by atoms with Crippen LogP contribution in [0.15, 0.2) is 36.7 Å². The van der Waals surface area contributed by atoms with Gasteiger partial charge >= 0.3 is 6.01 Å². The second kappa shape index (κ2) is 8.43. The van der Waals surface area contributed by atoms with Gasteiger partial charge in [-0.25, -0.2) is 9.97 Å². The third-order valence-corrected chi connectivity index (χ3v) is 3.92. The van der Waals surface area contributed by atoms with Crippen LogP contribution in [-0.2, 0) is 4.74 Å². The molecule has 0 aliphatic carbocycles. The fourth-order valence-corrected chi connectivity index (χ4v) is 2.48. The maximum Gasteiger partial charge on any atom is 0.316 e. The first-order valence-electron chi connectivity index (χ1n) is 8.35. The van der Waals surface area contributed by atoms with Gasteiger partial charge in [-0.2, -0.15) is 0 Å². The lowest BCUT2D eigenvalue weighted by Gasteiger charge is -2.28. The number of carbonyl (C=O) groups is 1. The van der Waals surface area contributed by atoms with E-state index in [-0.39, 0.29) is 5.91 Å². The number of carbonyl (C=O) groups excluding carboxylic acids is 1. The summed E-state index contributed by atoms with van der Waals surface area (Å²) in [6, 6.07) is 7.74. The average molecular weight is 342 g/mol. The first kappa shape index (κ1) is 17.2. The lowest BCUT2D eigenvalue weighted by atomic mass is 10.1. The van der Waals surface area contributed by atoms with Crippen molar-refractivity contribution in [2.24, 2.45) is 0 Å². The Bertz CT molecular complexity index is 682. The summed E-state index contributed by atoms with van der Waals surface area (Å²) in [7, 11) is 0. The molecule has 1 aliphatic heterocycles. The van der Waals surface area contributed by atoms with Crippen molar-refractivity contribution in [1.82, 2.24) is 15.3 Å². The second-order valence-corrected chi connectivity index (χ2v) is 5.79. The van der Waals surface area contributed by atoms with Crippen molar-refractivity contribution < 1.29 is 14.3 Å². The van der Waals surface area contributed by atoms with Crippen LogP contribution < -0.4 is 15.0 Å². The Morgan fingerprint density at radius 1 is 1.20 bits per heavy atom. The van der Waals surface area contributed by atoms with Gasteiger partial charge in [0.25, 0.3) is 5.91 Å². The highest BCUT2D eigenvalue weighted by Crippen LogP contribution is 2.14. The van der Waals surface area contributed by atoms with Crippen molar-refractivity contribution in [2.45, 2.75) is 6.92 Å². The number of aryl methyl sites for hydroxylation is 1. The van der Waals surface area contributed by atoms with Gasteiger partial charge in [-0.3, -0.25) is 4.79 Å². The highest BCUT2D eigenvalue weighted by atomic mass is 16.5.